The van der Waals surface area contributed by atoms with E-state index in [0.29, 0.717) is 0 Å². The summed E-state index contributed by atoms with van der Waals surface area (Å²) in [6.45, 7) is 0. The van der Waals surface area contributed by atoms with E-state index in [1.807, 2.05) is 16.8 Å². The molecule has 0 spiro atoms. The third kappa shape index (κ3) is 1.38. The summed E-state index contributed by atoms with van der Waals surface area (Å²) in [4.78, 5) is 7.99. The minimum atomic E-state index is 0.966. The van der Waals surface area contributed by atoms with Gasteiger partial charge in [0.2, 0.25) is 0 Å². The fraction of sp³-hybridized carbons (Fsp3) is 0. The van der Waals surface area contributed by atoms with Crippen LogP contribution in [0.25, 0.3) is 5.69 Å². The molecule has 0 aliphatic heterocycles. The number of aromatic nitrogens is 3. The summed E-state index contributed by atoms with van der Waals surface area (Å²) in [5, 5.41) is 0. The van der Waals surface area contributed by atoms with E-state index in [2.05, 4.69) is 25.9 Å². The Morgan fingerprint density at radius 2 is 2.17 bits per heavy atom. The highest BCUT2D eigenvalue weighted by atomic mass is 79.9. The van der Waals surface area contributed by atoms with E-state index in [0.717, 1.165) is 10.2 Å². The third-order valence-corrected chi connectivity index (χ3v) is 1.93. The first-order valence-electron chi connectivity index (χ1n) is 3.45. The van der Waals surface area contributed by atoms with E-state index >= 15 is 0 Å². The zero-order valence-electron chi connectivity index (χ0n) is 6.18. The second-order valence-corrected chi connectivity index (χ2v) is 3.25. The molecule has 0 amide bonds. The summed E-state index contributed by atoms with van der Waals surface area (Å²) in [6, 6.07) is 1.98. The molecule has 0 aromatic carbocycles. The van der Waals surface area contributed by atoms with Crippen molar-refractivity contribution in [3.05, 3.63) is 41.7 Å². The Balaban J connectivity index is 2.48. The van der Waals surface area contributed by atoms with Crippen LogP contribution in [0.3, 0.4) is 0 Å². The molecule has 0 aliphatic rings. The maximum Gasteiger partial charge on any atom is 0.0992 e. The number of imidazole rings is 1. The van der Waals surface area contributed by atoms with Gasteiger partial charge < -0.3 is 4.57 Å². The lowest BCUT2D eigenvalue weighted by Crippen LogP contribution is -1.90. The molecule has 0 fully saturated rings. The Bertz CT molecular complexity index is 370. The largest absolute Gasteiger partial charge is 0.305 e. The first kappa shape index (κ1) is 7.49. The molecular weight excluding hydrogens is 218 g/mol. The molecule has 0 radical (unpaired) electrons. The Labute approximate surface area is 78.2 Å². The smallest absolute Gasteiger partial charge is 0.0992 e. The van der Waals surface area contributed by atoms with Crippen LogP contribution >= 0.6 is 15.9 Å². The van der Waals surface area contributed by atoms with Crippen molar-refractivity contribution in [1.82, 2.24) is 14.5 Å². The van der Waals surface area contributed by atoms with E-state index < -0.39 is 0 Å². The SMILES string of the molecule is Brc1cncc(-n2ccnc2)c1. The molecule has 0 unspecified atom stereocenters. The molecule has 0 atom stereocenters. The van der Waals surface area contributed by atoms with Crippen LogP contribution in [-0.2, 0) is 0 Å². The van der Waals surface area contributed by atoms with Gasteiger partial charge in [0.05, 0.1) is 18.2 Å². The average molecular weight is 224 g/mol. The van der Waals surface area contributed by atoms with E-state index in [4.69, 9.17) is 0 Å². The fourth-order valence-corrected chi connectivity index (χ4v) is 1.31. The molecule has 60 valence electrons. The summed E-state index contributed by atoms with van der Waals surface area (Å²) >= 11 is 3.35. The van der Waals surface area contributed by atoms with Crippen LogP contribution in [0.4, 0.5) is 0 Å². The van der Waals surface area contributed by atoms with Crippen molar-refractivity contribution in [3.63, 3.8) is 0 Å². The van der Waals surface area contributed by atoms with Gasteiger partial charge in [-0.25, -0.2) is 4.98 Å². The maximum absolute atomic E-state index is 4.04. The topological polar surface area (TPSA) is 30.7 Å². The van der Waals surface area contributed by atoms with Crippen molar-refractivity contribution in [2.75, 3.05) is 0 Å². The lowest BCUT2D eigenvalue weighted by molar-refractivity contribution is 1.04. The number of pyridine rings is 1. The van der Waals surface area contributed by atoms with Crippen LogP contribution in [0.2, 0.25) is 0 Å². The van der Waals surface area contributed by atoms with Gasteiger partial charge in [-0.2, -0.15) is 0 Å². The molecule has 0 saturated heterocycles. The molecule has 0 aliphatic carbocycles. The molecule has 0 saturated carbocycles. The third-order valence-electron chi connectivity index (χ3n) is 1.49. The first-order valence-corrected chi connectivity index (χ1v) is 4.24. The summed E-state index contributed by atoms with van der Waals surface area (Å²) in [7, 11) is 0. The molecule has 2 aromatic rings. The molecule has 0 bridgehead atoms. The summed E-state index contributed by atoms with van der Waals surface area (Å²) in [5.74, 6) is 0. The predicted octanol–water partition coefficient (Wildman–Crippen LogP) is 2.03. The molecule has 3 nitrogen and oxygen atoms in total. The zero-order valence-corrected chi connectivity index (χ0v) is 7.77. The Hall–Kier alpha value is -1.16. The van der Waals surface area contributed by atoms with Crippen molar-refractivity contribution in [2.45, 2.75) is 0 Å². The van der Waals surface area contributed by atoms with Gasteiger partial charge in [0, 0.05) is 23.1 Å². The first-order chi connectivity index (χ1) is 5.86. The lowest BCUT2D eigenvalue weighted by Gasteiger charge is -1.99. The summed E-state index contributed by atoms with van der Waals surface area (Å²) < 4.78 is 2.87. The summed E-state index contributed by atoms with van der Waals surface area (Å²) in [5.41, 5.74) is 1.00. The van der Waals surface area contributed by atoms with Crippen molar-refractivity contribution in [1.29, 1.82) is 0 Å². The van der Waals surface area contributed by atoms with Crippen LogP contribution < -0.4 is 0 Å². The van der Waals surface area contributed by atoms with Gasteiger partial charge in [0.15, 0.2) is 0 Å². The van der Waals surface area contributed by atoms with Gasteiger partial charge >= 0.3 is 0 Å². The summed E-state index contributed by atoms with van der Waals surface area (Å²) in [6.07, 6.45) is 8.89. The Kier molecular flexibility index (Phi) is 1.91. The molecule has 4 heteroatoms. The number of halogens is 1. The van der Waals surface area contributed by atoms with E-state index in [1.54, 1.807) is 24.9 Å². The number of nitrogens with zero attached hydrogens (tertiary/aromatic N) is 3. The van der Waals surface area contributed by atoms with Crippen LogP contribution in [-0.4, -0.2) is 14.5 Å². The zero-order chi connectivity index (χ0) is 8.39. The minimum Gasteiger partial charge on any atom is -0.305 e. The van der Waals surface area contributed by atoms with Crippen LogP contribution in [0.1, 0.15) is 0 Å². The van der Waals surface area contributed by atoms with E-state index in [9.17, 15) is 0 Å². The average Bonchev–Trinajstić information content (AvgIpc) is 2.56. The highest BCUT2D eigenvalue weighted by molar-refractivity contribution is 9.10. The molecule has 0 N–H and O–H groups in total. The van der Waals surface area contributed by atoms with Gasteiger partial charge in [-0.3, -0.25) is 4.98 Å². The van der Waals surface area contributed by atoms with Crippen LogP contribution in [0.15, 0.2) is 41.7 Å². The maximum atomic E-state index is 4.04. The van der Waals surface area contributed by atoms with Crippen molar-refractivity contribution in [3.8, 4) is 5.69 Å². The lowest BCUT2D eigenvalue weighted by atomic mass is 10.4. The van der Waals surface area contributed by atoms with Crippen LogP contribution in [0, 0.1) is 0 Å². The van der Waals surface area contributed by atoms with E-state index in [1.165, 1.54) is 0 Å². The second kappa shape index (κ2) is 3.06. The van der Waals surface area contributed by atoms with Crippen molar-refractivity contribution < 1.29 is 0 Å². The number of hydrogen-bond acceptors (Lipinski definition) is 2. The number of rotatable bonds is 1. The van der Waals surface area contributed by atoms with Gasteiger partial charge in [0.25, 0.3) is 0 Å². The molecule has 2 heterocycles. The molecule has 2 rings (SSSR count). The minimum absolute atomic E-state index is 0.966. The molecular formula is C8H6BrN3. The van der Waals surface area contributed by atoms with Gasteiger partial charge in [0.1, 0.15) is 0 Å². The monoisotopic (exact) mass is 223 g/mol. The van der Waals surface area contributed by atoms with E-state index in [-0.39, 0.29) is 0 Å². The second-order valence-electron chi connectivity index (χ2n) is 2.33. The fourth-order valence-electron chi connectivity index (χ4n) is 0.954. The highest BCUT2D eigenvalue weighted by Gasteiger charge is 1.95. The van der Waals surface area contributed by atoms with Gasteiger partial charge in [-0.15, -0.1) is 0 Å². The highest BCUT2D eigenvalue weighted by Crippen LogP contribution is 2.12. The molecule has 12 heavy (non-hydrogen) atoms. The Morgan fingerprint density at radius 3 is 2.83 bits per heavy atom. The van der Waals surface area contributed by atoms with Crippen molar-refractivity contribution in [2.24, 2.45) is 0 Å². The quantitative estimate of drug-likeness (QED) is 0.741. The number of hydrogen-bond donors (Lipinski definition) is 0. The van der Waals surface area contributed by atoms with Crippen LogP contribution in [0.5, 0.6) is 0 Å². The molecule has 2 aromatic heterocycles. The standard InChI is InChI=1S/C8H6BrN3/c9-7-3-8(5-11-4-7)12-2-1-10-6-12/h1-6H. The van der Waals surface area contributed by atoms with Gasteiger partial charge in [-0.05, 0) is 22.0 Å². The predicted molar refractivity (Wildman–Crippen MR) is 49.1 cm³/mol. The van der Waals surface area contributed by atoms with Gasteiger partial charge in [-0.1, -0.05) is 0 Å². The Morgan fingerprint density at radius 1 is 1.25 bits per heavy atom. The van der Waals surface area contributed by atoms with Crippen molar-refractivity contribution >= 4 is 15.9 Å². The normalized spacial score (nSPS) is 10.1.